The van der Waals surface area contributed by atoms with Crippen molar-refractivity contribution in [2.75, 3.05) is 7.11 Å². The monoisotopic (exact) mass is 225 g/mol. The predicted octanol–water partition coefficient (Wildman–Crippen LogP) is 2.89. The molecule has 0 saturated carbocycles. The fraction of sp³-hybridized carbons (Fsp3) is 0.200. The van der Waals surface area contributed by atoms with Crippen LogP contribution in [0.15, 0.2) is 48.5 Å². The van der Waals surface area contributed by atoms with Crippen molar-refractivity contribution in [3.05, 3.63) is 65.2 Å². The van der Waals surface area contributed by atoms with E-state index in [4.69, 9.17) is 4.74 Å². The normalized spacial score (nSPS) is 17.8. The summed E-state index contributed by atoms with van der Waals surface area (Å²) in [5.74, 6) is 0.930. The number of hydrogen-bond acceptors (Lipinski definition) is 2. The summed E-state index contributed by atoms with van der Waals surface area (Å²) in [6, 6.07) is 17.2. The van der Waals surface area contributed by atoms with Crippen LogP contribution in [-0.2, 0) is 6.54 Å². The molecule has 17 heavy (non-hydrogen) atoms. The molecule has 1 unspecified atom stereocenters. The Morgan fingerprint density at radius 1 is 1.12 bits per heavy atom. The molecule has 2 aromatic rings. The topological polar surface area (TPSA) is 21.3 Å². The molecule has 1 aliphatic rings. The Labute approximate surface area is 101 Å². The number of rotatable bonds is 2. The minimum atomic E-state index is 0.317. The largest absolute Gasteiger partial charge is 0.497 e. The van der Waals surface area contributed by atoms with Crippen LogP contribution in [0.4, 0.5) is 0 Å². The standard InChI is InChI=1S/C15H15NO/c1-17-13-7-8-14-12(9-13)10-16-15(14)11-5-3-2-4-6-11/h2-9,15-16H,10H2,1H3. The molecular formula is C15H15NO. The quantitative estimate of drug-likeness (QED) is 0.848. The molecule has 2 heteroatoms. The number of hydrogen-bond donors (Lipinski definition) is 1. The highest BCUT2D eigenvalue weighted by Gasteiger charge is 2.23. The van der Waals surface area contributed by atoms with E-state index in [1.807, 2.05) is 12.1 Å². The Hall–Kier alpha value is -1.80. The molecule has 0 bridgehead atoms. The van der Waals surface area contributed by atoms with Gasteiger partial charge in [0.25, 0.3) is 0 Å². The molecule has 1 aliphatic heterocycles. The summed E-state index contributed by atoms with van der Waals surface area (Å²) in [7, 11) is 1.71. The number of benzene rings is 2. The van der Waals surface area contributed by atoms with Crippen molar-refractivity contribution in [3.8, 4) is 5.75 Å². The Balaban J connectivity index is 1.99. The molecule has 1 N–H and O–H groups in total. The van der Waals surface area contributed by atoms with E-state index in [1.165, 1.54) is 16.7 Å². The van der Waals surface area contributed by atoms with Gasteiger partial charge in [0.15, 0.2) is 0 Å². The molecule has 0 amide bonds. The number of methoxy groups -OCH3 is 1. The van der Waals surface area contributed by atoms with Gasteiger partial charge in [-0.2, -0.15) is 0 Å². The molecule has 86 valence electrons. The van der Waals surface area contributed by atoms with Crippen molar-refractivity contribution in [2.24, 2.45) is 0 Å². The van der Waals surface area contributed by atoms with Gasteiger partial charge in [-0.05, 0) is 28.8 Å². The maximum Gasteiger partial charge on any atom is 0.119 e. The summed E-state index contributed by atoms with van der Waals surface area (Å²) < 4.78 is 5.25. The Morgan fingerprint density at radius 3 is 2.71 bits per heavy atom. The molecule has 0 spiro atoms. The highest BCUT2D eigenvalue weighted by atomic mass is 16.5. The Bertz CT molecular complexity index is 522. The van der Waals surface area contributed by atoms with Crippen molar-refractivity contribution < 1.29 is 4.74 Å². The molecule has 0 aromatic heterocycles. The number of ether oxygens (including phenoxy) is 1. The summed E-state index contributed by atoms with van der Waals surface area (Å²) in [5, 5.41) is 3.53. The van der Waals surface area contributed by atoms with Gasteiger partial charge in [-0.1, -0.05) is 36.4 Å². The Kier molecular flexibility index (Phi) is 2.57. The maximum absolute atomic E-state index is 5.25. The molecule has 0 aliphatic carbocycles. The molecule has 1 atom stereocenters. The van der Waals surface area contributed by atoms with Crippen molar-refractivity contribution in [2.45, 2.75) is 12.6 Å². The molecule has 1 heterocycles. The van der Waals surface area contributed by atoms with Gasteiger partial charge in [0, 0.05) is 6.54 Å². The fourth-order valence-electron chi connectivity index (χ4n) is 2.41. The van der Waals surface area contributed by atoms with Gasteiger partial charge in [-0.15, -0.1) is 0 Å². The molecule has 2 aromatic carbocycles. The zero-order valence-corrected chi connectivity index (χ0v) is 9.81. The molecular weight excluding hydrogens is 210 g/mol. The fourth-order valence-corrected chi connectivity index (χ4v) is 2.41. The van der Waals surface area contributed by atoms with Crippen molar-refractivity contribution >= 4 is 0 Å². The molecule has 0 saturated heterocycles. The van der Waals surface area contributed by atoms with Gasteiger partial charge < -0.3 is 10.1 Å². The van der Waals surface area contributed by atoms with E-state index in [2.05, 4.69) is 41.7 Å². The van der Waals surface area contributed by atoms with Gasteiger partial charge >= 0.3 is 0 Å². The van der Waals surface area contributed by atoms with Gasteiger partial charge in [0.1, 0.15) is 5.75 Å². The third-order valence-corrected chi connectivity index (χ3v) is 3.29. The van der Waals surface area contributed by atoms with Crippen LogP contribution in [0.2, 0.25) is 0 Å². The zero-order valence-electron chi connectivity index (χ0n) is 9.81. The van der Waals surface area contributed by atoms with E-state index in [1.54, 1.807) is 7.11 Å². The van der Waals surface area contributed by atoms with Crippen LogP contribution < -0.4 is 10.1 Å². The minimum Gasteiger partial charge on any atom is -0.497 e. The van der Waals surface area contributed by atoms with Crippen LogP contribution in [0.25, 0.3) is 0 Å². The maximum atomic E-state index is 5.25. The van der Waals surface area contributed by atoms with Gasteiger partial charge in [-0.25, -0.2) is 0 Å². The van der Waals surface area contributed by atoms with E-state index >= 15 is 0 Å². The Morgan fingerprint density at radius 2 is 1.94 bits per heavy atom. The van der Waals surface area contributed by atoms with Crippen LogP contribution in [0.3, 0.4) is 0 Å². The highest BCUT2D eigenvalue weighted by molar-refractivity contribution is 5.44. The second-order valence-corrected chi connectivity index (χ2v) is 4.29. The van der Waals surface area contributed by atoms with Crippen molar-refractivity contribution in [3.63, 3.8) is 0 Å². The third-order valence-electron chi connectivity index (χ3n) is 3.29. The smallest absolute Gasteiger partial charge is 0.119 e. The van der Waals surface area contributed by atoms with Crippen LogP contribution in [0.5, 0.6) is 5.75 Å². The molecule has 0 radical (unpaired) electrons. The van der Waals surface area contributed by atoms with Crippen LogP contribution in [0, 0.1) is 0 Å². The SMILES string of the molecule is COc1ccc2c(c1)CNC2c1ccccc1. The molecule has 3 rings (SSSR count). The van der Waals surface area contributed by atoms with E-state index in [-0.39, 0.29) is 0 Å². The average molecular weight is 225 g/mol. The molecule has 0 fully saturated rings. The second-order valence-electron chi connectivity index (χ2n) is 4.29. The van der Waals surface area contributed by atoms with E-state index in [0.29, 0.717) is 6.04 Å². The van der Waals surface area contributed by atoms with Crippen molar-refractivity contribution in [1.29, 1.82) is 0 Å². The summed E-state index contributed by atoms with van der Waals surface area (Å²) >= 11 is 0. The average Bonchev–Trinajstić information content (AvgIpc) is 2.82. The number of nitrogens with one attached hydrogen (secondary N) is 1. The lowest BCUT2D eigenvalue weighted by molar-refractivity contribution is 0.414. The predicted molar refractivity (Wildman–Crippen MR) is 68.1 cm³/mol. The molecule has 2 nitrogen and oxygen atoms in total. The first kappa shape index (κ1) is 10.4. The van der Waals surface area contributed by atoms with Crippen LogP contribution in [-0.4, -0.2) is 7.11 Å². The third kappa shape index (κ3) is 1.81. The van der Waals surface area contributed by atoms with E-state index in [9.17, 15) is 0 Å². The first-order valence-electron chi connectivity index (χ1n) is 5.83. The van der Waals surface area contributed by atoms with Gasteiger partial charge in [0.2, 0.25) is 0 Å². The lowest BCUT2D eigenvalue weighted by Crippen LogP contribution is -2.12. The summed E-state index contributed by atoms with van der Waals surface area (Å²) in [5.41, 5.74) is 4.01. The summed E-state index contributed by atoms with van der Waals surface area (Å²) in [6.45, 7) is 0.909. The minimum absolute atomic E-state index is 0.317. The first-order chi connectivity index (χ1) is 8.38. The van der Waals surface area contributed by atoms with Crippen molar-refractivity contribution in [1.82, 2.24) is 5.32 Å². The lowest BCUT2D eigenvalue weighted by atomic mass is 9.98. The lowest BCUT2D eigenvalue weighted by Gasteiger charge is -2.12. The van der Waals surface area contributed by atoms with E-state index in [0.717, 1.165) is 12.3 Å². The second kappa shape index (κ2) is 4.22. The zero-order chi connectivity index (χ0) is 11.7. The summed E-state index contributed by atoms with van der Waals surface area (Å²) in [6.07, 6.45) is 0. The first-order valence-corrected chi connectivity index (χ1v) is 5.83. The van der Waals surface area contributed by atoms with Crippen LogP contribution in [0.1, 0.15) is 22.7 Å². The van der Waals surface area contributed by atoms with Gasteiger partial charge in [-0.3, -0.25) is 0 Å². The number of fused-ring (bicyclic) bond motifs is 1. The van der Waals surface area contributed by atoms with Gasteiger partial charge in [0.05, 0.1) is 13.2 Å². The highest BCUT2D eigenvalue weighted by Crippen LogP contribution is 2.32. The van der Waals surface area contributed by atoms with E-state index < -0.39 is 0 Å². The van der Waals surface area contributed by atoms with Crippen LogP contribution >= 0.6 is 0 Å². The summed E-state index contributed by atoms with van der Waals surface area (Å²) in [4.78, 5) is 0.